The summed E-state index contributed by atoms with van der Waals surface area (Å²) >= 11 is 0. The van der Waals surface area contributed by atoms with Gasteiger partial charge in [0.05, 0.1) is 12.1 Å². The molecule has 0 amide bonds. The summed E-state index contributed by atoms with van der Waals surface area (Å²) in [7, 11) is 0. The summed E-state index contributed by atoms with van der Waals surface area (Å²) in [5.74, 6) is 0.549. The van der Waals surface area contributed by atoms with Gasteiger partial charge in [0.15, 0.2) is 5.76 Å². The van der Waals surface area contributed by atoms with Crippen LogP contribution in [0.3, 0.4) is 0 Å². The van der Waals surface area contributed by atoms with Crippen molar-refractivity contribution in [2.75, 3.05) is 6.54 Å². The Morgan fingerprint density at radius 3 is 2.62 bits per heavy atom. The molecule has 0 aliphatic carbocycles. The van der Waals surface area contributed by atoms with E-state index in [0.29, 0.717) is 24.3 Å². The van der Waals surface area contributed by atoms with Gasteiger partial charge in [-0.2, -0.15) is 0 Å². The zero-order valence-electron chi connectivity index (χ0n) is 14.2. The molecule has 0 saturated carbocycles. The summed E-state index contributed by atoms with van der Waals surface area (Å²) in [6.07, 6.45) is -0.197. The zero-order chi connectivity index (χ0) is 17.3. The Balaban J connectivity index is 1.77. The lowest BCUT2D eigenvalue weighted by atomic mass is 10.1. The van der Waals surface area contributed by atoms with E-state index in [1.807, 2.05) is 18.2 Å². The number of carbonyl (C=O) groups excluding carboxylic acids is 1. The van der Waals surface area contributed by atoms with Crippen molar-refractivity contribution < 1.29 is 14.1 Å². The van der Waals surface area contributed by atoms with Crippen LogP contribution in [0, 0.1) is 0 Å². The van der Waals surface area contributed by atoms with Gasteiger partial charge in [0.1, 0.15) is 5.60 Å². The second-order valence-corrected chi connectivity index (χ2v) is 7.02. The van der Waals surface area contributed by atoms with Crippen molar-refractivity contribution in [2.24, 2.45) is 0 Å². The van der Waals surface area contributed by atoms with Gasteiger partial charge < -0.3 is 9.26 Å². The molecule has 0 radical (unpaired) electrons. The van der Waals surface area contributed by atoms with E-state index in [-0.39, 0.29) is 0 Å². The van der Waals surface area contributed by atoms with Crippen molar-refractivity contribution in [1.29, 1.82) is 0 Å². The van der Waals surface area contributed by atoms with Gasteiger partial charge in [-0.15, -0.1) is 0 Å². The minimum atomic E-state index is -0.767. The molecular weight excluding hydrogens is 308 g/mol. The Labute approximate surface area is 140 Å². The molecule has 1 aromatic carbocycles. The fraction of sp³-hybridized carbons (Fsp3) is 0.444. The minimum Gasteiger partial charge on any atom is -0.441 e. The Kier molecular flexibility index (Phi) is 4.32. The van der Waals surface area contributed by atoms with Crippen molar-refractivity contribution >= 4 is 6.09 Å². The monoisotopic (exact) mass is 330 g/mol. The number of nitrogens with zero attached hydrogens (tertiary/aromatic N) is 2. The number of ether oxygens (including phenoxy) is 1. The van der Waals surface area contributed by atoms with E-state index < -0.39 is 17.3 Å². The third-order valence-electron chi connectivity index (χ3n) is 3.83. The number of carbonyl (C=O) groups is 1. The van der Waals surface area contributed by atoms with Gasteiger partial charge in [0.2, 0.25) is 0 Å². The number of rotatable bonds is 2. The minimum absolute atomic E-state index is 0.404. The molecule has 2 heterocycles. The molecule has 0 N–H and O–H groups in total. The van der Waals surface area contributed by atoms with Gasteiger partial charge in [-0.25, -0.2) is 4.79 Å². The molecule has 0 fully saturated rings. The maximum atomic E-state index is 12.4. The third kappa shape index (κ3) is 3.59. The van der Waals surface area contributed by atoms with Gasteiger partial charge in [-0.05, 0) is 32.8 Å². The molecule has 1 aromatic heterocycles. The number of fused-ring (bicyclic) bond motifs is 1. The number of hydrogen-bond donors (Lipinski definition) is 0. The second kappa shape index (κ2) is 6.28. The number of benzene rings is 1. The summed E-state index contributed by atoms with van der Waals surface area (Å²) in [4.78, 5) is 26.7. The number of hydrogen-bond acceptors (Lipinski definition) is 5. The fourth-order valence-electron chi connectivity index (χ4n) is 2.77. The first-order valence-electron chi connectivity index (χ1n) is 8.07. The van der Waals surface area contributed by atoms with E-state index in [1.54, 1.807) is 20.8 Å². The lowest BCUT2D eigenvalue weighted by molar-refractivity contribution is 0.0357. The molecule has 0 atom stereocenters. The van der Waals surface area contributed by atoms with Crippen LogP contribution in [-0.2, 0) is 24.2 Å². The Hall–Kier alpha value is -2.34. The molecule has 24 heavy (non-hydrogen) atoms. The molecule has 6 nitrogen and oxygen atoms in total. The predicted octanol–water partition coefficient (Wildman–Crippen LogP) is 2.78. The van der Waals surface area contributed by atoms with Crippen molar-refractivity contribution in [3.63, 3.8) is 0 Å². The molecule has 0 saturated heterocycles. The van der Waals surface area contributed by atoms with E-state index >= 15 is 0 Å². The van der Waals surface area contributed by atoms with Crippen LogP contribution < -0.4 is 5.56 Å². The molecular formula is C18H22N2O4. The normalized spacial score (nSPS) is 15.1. The van der Waals surface area contributed by atoms with E-state index in [0.717, 1.165) is 17.8 Å². The molecule has 128 valence electrons. The second-order valence-electron chi connectivity index (χ2n) is 7.02. The van der Waals surface area contributed by atoms with Gasteiger partial charge >= 0.3 is 6.09 Å². The first kappa shape index (κ1) is 16.5. The van der Waals surface area contributed by atoms with Crippen LogP contribution in [0.25, 0.3) is 0 Å². The molecule has 1 aliphatic rings. The highest BCUT2D eigenvalue weighted by Crippen LogP contribution is 2.19. The molecule has 0 unspecified atom stereocenters. The summed E-state index contributed by atoms with van der Waals surface area (Å²) in [6, 6.07) is 10.1. The maximum absolute atomic E-state index is 12.4. The Bertz CT molecular complexity index is 784. The van der Waals surface area contributed by atoms with Gasteiger partial charge in [-0.1, -0.05) is 35.1 Å². The summed E-state index contributed by atoms with van der Waals surface area (Å²) in [5.41, 5.74) is 0.696. The lowest BCUT2D eigenvalue weighted by Gasteiger charge is -2.24. The Morgan fingerprint density at radius 2 is 1.96 bits per heavy atom. The van der Waals surface area contributed by atoms with Gasteiger partial charge in [0, 0.05) is 13.1 Å². The van der Waals surface area contributed by atoms with E-state index in [2.05, 4.69) is 17.0 Å². The highest BCUT2D eigenvalue weighted by atomic mass is 16.6. The zero-order valence-corrected chi connectivity index (χ0v) is 14.2. The molecule has 6 heteroatoms. The third-order valence-corrected chi connectivity index (χ3v) is 3.83. The summed E-state index contributed by atoms with van der Waals surface area (Å²) in [5, 5.41) is 0. The largest absolute Gasteiger partial charge is 0.451 e. The van der Waals surface area contributed by atoms with Crippen molar-refractivity contribution in [1.82, 2.24) is 9.64 Å². The van der Waals surface area contributed by atoms with Crippen molar-refractivity contribution in [3.05, 3.63) is 57.6 Å². The first-order chi connectivity index (χ1) is 11.3. The smallest absolute Gasteiger partial charge is 0.441 e. The maximum Gasteiger partial charge on any atom is 0.451 e. The quantitative estimate of drug-likeness (QED) is 0.847. The topological polar surface area (TPSA) is 64.7 Å². The highest BCUT2D eigenvalue weighted by molar-refractivity contribution is 5.69. The first-order valence-corrected chi connectivity index (χ1v) is 8.07. The molecule has 2 aromatic rings. The molecule has 0 bridgehead atoms. The van der Waals surface area contributed by atoms with Crippen LogP contribution in [-0.4, -0.2) is 27.9 Å². The molecule has 0 spiro atoms. The summed E-state index contributed by atoms with van der Waals surface area (Å²) < 4.78 is 11.5. The van der Waals surface area contributed by atoms with Crippen LogP contribution in [0.2, 0.25) is 0 Å². The van der Waals surface area contributed by atoms with Gasteiger partial charge in [-0.3, -0.25) is 9.69 Å². The van der Waals surface area contributed by atoms with Crippen LogP contribution in [0.4, 0.5) is 4.79 Å². The van der Waals surface area contributed by atoms with Crippen molar-refractivity contribution in [3.8, 4) is 0 Å². The average Bonchev–Trinajstić information content (AvgIpc) is 2.83. The highest BCUT2D eigenvalue weighted by Gasteiger charge is 2.29. The average molecular weight is 330 g/mol. The van der Waals surface area contributed by atoms with E-state index in [9.17, 15) is 9.59 Å². The standard InChI is InChI=1S/C18H22N2O4/c1-18(2,3)23-17(22)20-16(21)14-9-10-19(12-15(14)24-20)11-13-7-5-4-6-8-13/h4-8H,9-12H2,1-3H3. The SMILES string of the molecule is CC(C)(C)OC(=O)n1oc2c(c1=O)CCN(Cc1ccccc1)C2. The Morgan fingerprint density at radius 1 is 1.25 bits per heavy atom. The lowest BCUT2D eigenvalue weighted by Crippen LogP contribution is -2.34. The molecule has 3 rings (SSSR count). The van der Waals surface area contributed by atoms with Crippen LogP contribution >= 0.6 is 0 Å². The van der Waals surface area contributed by atoms with Crippen LogP contribution in [0.5, 0.6) is 0 Å². The molecule has 1 aliphatic heterocycles. The van der Waals surface area contributed by atoms with Crippen molar-refractivity contribution in [2.45, 2.75) is 45.9 Å². The van der Waals surface area contributed by atoms with Crippen LogP contribution in [0.1, 0.15) is 37.7 Å². The van der Waals surface area contributed by atoms with Crippen LogP contribution in [0.15, 0.2) is 39.6 Å². The van der Waals surface area contributed by atoms with E-state index in [1.165, 1.54) is 5.56 Å². The van der Waals surface area contributed by atoms with E-state index in [4.69, 9.17) is 9.26 Å². The van der Waals surface area contributed by atoms with Gasteiger partial charge in [0.25, 0.3) is 5.56 Å². The predicted molar refractivity (Wildman–Crippen MR) is 88.9 cm³/mol. The fourth-order valence-corrected chi connectivity index (χ4v) is 2.77. The number of aromatic nitrogens is 1. The summed E-state index contributed by atoms with van der Waals surface area (Å²) in [6.45, 7) is 7.29.